The van der Waals surface area contributed by atoms with Crippen LogP contribution in [-0.2, 0) is 16.1 Å². The van der Waals surface area contributed by atoms with Crippen molar-refractivity contribution in [3.05, 3.63) is 66.1 Å². The van der Waals surface area contributed by atoms with Gasteiger partial charge in [-0.3, -0.25) is 9.48 Å². The van der Waals surface area contributed by atoms with E-state index in [1.54, 1.807) is 24.3 Å². The summed E-state index contributed by atoms with van der Waals surface area (Å²) in [5.74, 6) is -5.18. The standard InChI is InChI=1S/C22H16F4N6O3/c23-14-4-2-1-3-13(14)10-32-18(16-5-6-35-30-16)7-17(29-32)20-27-9-15(24)21(28-20)31-11-22(25,26)8-19(31)34-12-33/h1-7,9,12,19H,8,10-11H2/t19-/m1/s1. The SMILES string of the molecule is O=CO[C@@H]1CC(F)(F)CN1c1nc(-c2cc(-c3ccon3)n(Cc3ccccc3F)n2)ncc1F. The number of rotatable bonds is 7. The van der Waals surface area contributed by atoms with Crippen LogP contribution in [0.5, 0.6) is 0 Å². The van der Waals surface area contributed by atoms with E-state index in [-0.39, 0.29) is 24.5 Å². The van der Waals surface area contributed by atoms with Crippen molar-refractivity contribution < 1.29 is 31.6 Å². The number of hydrogen-bond donors (Lipinski definition) is 0. The molecule has 9 nitrogen and oxygen atoms in total. The minimum Gasteiger partial charge on any atom is -0.443 e. The number of carbonyl (C=O) groups is 1. The van der Waals surface area contributed by atoms with E-state index in [1.165, 1.54) is 23.1 Å². The molecule has 0 spiro atoms. The van der Waals surface area contributed by atoms with Gasteiger partial charge >= 0.3 is 0 Å². The molecule has 0 N–H and O–H groups in total. The predicted octanol–water partition coefficient (Wildman–Crippen LogP) is 3.67. The summed E-state index contributed by atoms with van der Waals surface area (Å²) in [7, 11) is 0. The maximum absolute atomic E-state index is 14.6. The van der Waals surface area contributed by atoms with Crippen LogP contribution in [0.4, 0.5) is 23.4 Å². The second-order valence-corrected chi connectivity index (χ2v) is 7.79. The Labute approximate surface area is 194 Å². The lowest BCUT2D eigenvalue weighted by molar-refractivity contribution is -0.134. The van der Waals surface area contributed by atoms with Crippen LogP contribution in [0.3, 0.4) is 0 Å². The summed E-state index contributed by atoms with van der Waals surface area (Å²) in [5, 5.41) is 8.31. The maximum Gasteiger partial charge on any atom is 0.295 e. The zero-order chi connectivity index (χ0) is 24.6. The van der Waals surface area contributed by atoms with Gasteiger partial charge in [-0.2, -0.15) is 5.10 Å². The van der Waals surface area contributed by atoms with Gasteiger partial charge in [0.2, 0.25) is 0 Å². The molecule has 0 radical (unpaired) electrons. The predicted molar refractivity (Wildman–Crippen MR) is 112 cm³/mol. The first-order valence-corrected chi connectivity index (χ1v) is 10.3. The smallest absolute Gasteiger partial charge is 0.295 e. The Bertz CT molecular complexity index is 1360. The first kappa shape index (κ1) is 22.5. The van der Waals surface area contributed by atoms with Crippen molar-refractivity contribution in [2.75, 3.05) is 11.4 Å². The molecule has 13 heteroatoms. The molecule has 180 valence electrons. The Kier molecular flexibility index (Phi) is 5.67. The number of halogens is 4. The molecule has 35 heavy (non-hydrogen) atoms. The van der Waals surface area contributed by atoms with E-state index in [0.717, 1.165) is 11.1 Å². The fourth-order valence-electron chi connectivity index (χ4n) is 3.85. The second-order valence-electron chi connectivity index (χ2n) is 7.79. The number of hydrogen-bond acceptors (Lipinski definition) is 8. The van der Waals surface area contributed by atoms with Crippen molar-refractivity contribution in [3.63, 3.8) is 0 Å². The van der Waals surface area contributed by atoms with E-state index in [0.29, 0.717) is 17.0 Å². The molecule has 0 bridgehead atoms. The number of ether oxygens (including phenoxy) is 1. The molecular formula is C22H16F4N6O3. The average molecular weight is 488 g/mol. The number of benzene rings is 1. The summed E-state index contributed by atoms with van der Waals surface area (Å²) in [6.45, 7) is -0.852. The monoisotopic (exact) mass is 488 g/mol. The Morgan fingerprint density at radius 3 is 2.74 bits per heavy atom. The molecule has 4 heterocycles. The molecule has 1 fully saturated rings. The van der Waals surface area contributed by atoms with E-state index in [4.69, 9.17) is 9.26 Å². The molecule has 0 amide bonds. The van der Waals surface area contributed by atoms with Crippen molar-refractivity contribution in [2.45, 2.75) is 25.1 Å². The van der Waals surface area contributed by atoms with Crippen LogP contribution in [0.1, 0.15) is 12.0 Å². The number of nitrogens with zero attached hydrogens (tertiary/aromatic N) is 6. The molecule has 3 aromatic heterocycles. The van der Waals surface area contributed by atoms with E-state index in [2.05, 4.69) is 20.2 Å². The summed E-state index contributed by atoms with van der Waals surface area (Å²) in [4.78, 5) is 19.7. The van der Waals surface area contributed by atoms with Gasteiger partial charge in [-0.05, 0) is 12.1 Å². The normalized spacial score (nSPS) is 17.0. The fraction of sp³-hybridized carbons (Fsp3) is 0.227. The summed E-state index contributed by atoms with van der Waals surface area (Å²) in [6.07, 6.45) is -0.0394. The molecule has 1 aliphatic heterocycles. The highest BCUT2D eigenvalue weighted by atomic mass is 19.3. The van der Waals surface area contributed by atoms with Crippen LogP contribution >= 0.6 is 0 Å². The molecule has 5 rings (SSSR count). The molecular weight excluding hydrogens is 472 g/mol. The van der Waals surface area contributed by atoms with E-state index < -0.39 is 42.6 Å². The minimum atomic E-state index is -3.22. The number of aromatic nitrogens is 5. The van der Waals surface area contributed by atoms with Gasteiger partial charge in [0.25, 0.3) is 12.4 Å². The molecule has 1 atom stereocenters. The van der Waals surface area contributed by atoms with Crippen molar-refractivity contribution in [1.29, 1.82) is 0 Å². The van der Waals surface area contributed by atoms with Gasteiger partial charge in [-0.15, -0.1) is 0 Å². The van der Waals surface area contributed by atoms with Gasteiger partial charge in [0.15, 0.2) is 23.7 Å². The summed E-state index contributed by atoms with van der Waals surface area (Å²) in [5.41, 5.74) is 1.32. The summed E-state index contributed by atoms with van der Waals surface area (Å²) in [6, 6.07) is 9.25. The summed E-state index contributed by atoms with van der Waals surface area (Å²) < 4.78 is 67.9. The highest BCUT2D eigenvalue weighted by molar-refractivity contribution is 5.63. The van der Waals surface area contributed by atoms with Crippen molar-refractivity contribution in [3.8, 4) is 22.9 Å². The minimum absolute atomic E-state index is 0.0215. The van der Waals surface area contributed by atoms with Crippen LogP contribution in [-0.4, -0.2) is 50.1 Å². The lowest BCUT2D eigenvalue weighted by atomic mass is 10.2. The average Bonchev–Trinajstić information content (AvgIpc) is 3.55. The third kappa shape index (κ3) is 4.44. The van der Waals surface area contributed by atoms with Crippen molar-refractivity contribution in [2.24, 2.45) is 0 Å². The molecule has 1 aromatic carbocycles. The van der Waals surface area contributed by atoms with Gasteiger partial charge in [-0.25, -0.2) is 27.5 Å². The van der Waals surface area contributed by atoms with Crippen LogP contribution in [0.15, 0.2) is 53.4 Å². The molecule has 1 saturated heterocycles. The van der Waals surface area contributed by atoms with Crippen LogP contribution in [0.2, 0.25) is 0 Å². The highest BCUT2D eigenvalue weighted by Gasteiger charge is 2.47. The quantitative estimate of drug-likeness (QED) is 0.287. The van der Waals surface area contributed by atoms with Crippen LogP contribution in [0.25, 0.3) is 22.9 Å². The highest BCUT2D eigenvalue weighted by Crippen LogP contribution is 2.36. The molecule has 4 aromatic rings. The zero-order valence-corrected chi connectivity index (χ0v) is 17.8. The second kappa shape index (κ2) is 8.81. The third-order valence-electron chi connectivity index (χ3n) is 5.42. The fourth-order valence-corrected chi connectivity index (χ4v) is 3.85. The topological polar surface area (TPSA) is 99.2 Å². The van der Waals surface area contributed by atoms with Crippen LogP contribution < -0.4 is 4.90 Å². The summed E-state index contributed by atoms with van der Waals surface area (Å²) >= 11 is 0. The lowest BCUT2D eigenvalue weighted by Gasteiger charge is -2.23. The van der Waals surface area contributed by atoms with Crippen molar-refractivity contribution in [1.82, 2.24) is 24.9 Å². The van der Waals surface area contributed by atoms with Crippen LogP contribution in [0, 0.1) is 11.6 Å². The molecule has 1 aliphatic rings. The Balaban J connectivity index is 1.55. The Morgan fingerprint density at radius 2 is 2.00 bits per heavy atom. The number of alkyl halides is 2. The Hall–Kier alpha value is -4.29. The van der Waals surface area contributed by atoms with E-state index >= 15 is 0 Å². The molecule has 0 unspecified atom stereocenters. The number of anilines is 1. The van der Waals surface area contributed by atoms with Gasteiger partial charge in [0.05, 0.1) is 31.4 Å². The first-order valence-electron chi connectivity index (χ1n) is 10.3. The third-order valence-corrected chi connectivity index (χ3v) is 5.42. The lowest BCUT2D eigenvalue weighted by Crippen LogP contribution is -2.33. The first-order chi connectivity index (χ1) is 16.8. The van der Waals surface area contributed by atoms with Gasteiger partial charge in [0, 0.05) is 11.6 Å². The molecule has 0 aliphatic carbocycles. The number of carbonyl (C=O) groups excluding carboxylic acids is 1. The van der Waals surface area contributed by atoms with Crippen molar-refractivity contribution >= 4 is 12.3 Å². The molecule has 0 saturated carbocycles. The zero-order valence-electron chi connectivity index (χ0n) is 17.8. The Morgan fingerprint density at radius 1 is 1.17 bits per heavy atom. The largest absolute Gasteiger partial charge is 0.443 e. The van der Waals surface area contributed by atoms with E-state index in [9.17, 15) is 22.4 Å². The van der Waals surface area contributed by atoms with Gasteiger partial charge in [-0.1, -0.05) is 23.4 Å². The van der Waals surface area contributed by atoms with Gasteiger partial charge < -0.3 is 14.2 Å². The maximum atomic E-state index is 14.6. The van der Waals surface area contributed by atoms with E-state index in [1.807, 2.05) is 0 Å². The van der Waals surface area contributed by atoms with Gasteiger partial charge in [0.1, 0.15) is 23.5 Å².